The second-order valence-corrected chi connectivity index (χ2v) is 6.69. The molecular weight excluding hydrogens is 302 g/mol. The quantitative estimate of drug-likeness (QED) is 0.757. The van der Waals surface area contributed by atoms with Gasteiger partial charge in [-0.2, -0.15) is 0 Å². The number of rotatable bonds is 3. The number of amides is 1. The molecule has 2 aromatic rings. The largest absolute Gasteiger partial charge is 0.460 e. The molecule has 1 amide bonds. The second-order valence-electron chi connectivity index (χ2n) is 6.28. The molecule has 1 aliphatic carbocycles. The highest BCUT2D eigenvalue weighted by molar-refractivity contribution is 6.35. The average molecular weight is 320 g/mol. The van der Waals surface area contributed by atoms with Gasteiger partial charge in [-0.05, 0) is 49.9 Å². The van der Waals surface area contributed by atoms with Crippen LogP contribution in [-0.2, 0) is 0 Å². The number of nitrogens with one attached hydrogen (secondary N) is 2. The Kier molecular flexibility index (Phi) is 3.09. The number of hydrogen-bond donors (Lipinski definition) is 3. The number of anilines is 1. The van der Waals surface area contributed by atoms with Crippen molar-refractivity contribution < 1.29 is 9.21 Å². The van der Waals surface area contributed by atoms with Crippen molar-refractivity contribution in [2.75, 3.05) is 25.4 Å². The molecule has 22 heavy (non-hydrogen) atoms. The number of nitrogen functional groups attached to an aromatic ring is 1. The van der Waals surface area contributed by atoms with Crippen molar-refractivity contribution in [1.29, 1.82) is 0 Å². The van der Waals surface area contributed by atoms with Crippen LogP contribution in [0, 0.1) is 24.7 Å². The fraction of sp³-hybridized carbons (Fsp3) is 0.438. The van der Waals surface area contributed by atoms with Gasteiger partial charge < -0.3 is 20.8 Å². The lowest BCUT2D eigenvalue weighted by molar-refractivity contribution is 0.0951. The molecule has 1 saturated heterocycles. The van der Waals surface area contributed by atoms with Gasteiger partial charge >= 0.3 is 0 Å². The molecule has 2 fully saturated rings. The van der Waals surface area contributed by atoms with E-state index < -0.39 is 0 Å². The van der Waals surface area contributed by atoms with E-state index in [0.29, 0.717) is 45.5 Å². The molecule has 2 aliphatic rings. The van der Waals surface area contributed by atoms with Crippen molar-refractivity contribution in [3.8, 4) is 0 Å². The van der Waals surface area contributed by atoms with Gasteiger partial charge in [0.25, 0.3) is 5.91 Å². The molecule has 1 saturated carbocycles. The van der Waals surface area contributed by atoms with Gasteiger partial charge in [-0.1, -0.05) is 11.6 Å². The summed E-state index contributed by atoms with van der Waals surface area (Å²) in [5, 5.41) is 7.44. The fourth-order valence-electron chi connectivity index (χ4n) is 3.64. The van der Waals surface area contributed by atoms with Crippen LogP contribution in [0.15, 0.2) is 16.5 Å². The summed E-state index contributed by atoms with van der Waals surface area (Å²) in [6, 6.07) is 3.40. The molecule has 2 unspecified atom stereocenters. The third-order valence-electron chi connectivity index (χ3n) is 4.93. The Bertz CT molecular complexity index is 760. The minimum Gasteiger partial charge on any atom is -0.460 e. The summed E-state index contributed by atoms with van der Waals surface area (Å²) >= 11 is 6.14. The van der Waals surface area contributed by atoms with E-state index in [1.807, 2.05) is 13.0 Å². The van der Waals surface area contributed by atoms with Gasteiger partial charge in [0.15, 0.2) is 0 Å². The lowest BCUT2D eigenvalue weighted by Gasteiger charge is -2.09. The van der Waals surface area contributed by atoms with Gasteiger partial charge in [-0.3, -0.25) is 4.79 Å². The number of aryl methyl sites for hydroxylation is 1. The van der Waals surface area contributed by atoms with Crippen molar-refractivity contribution in [3.63, 3.8) is 0 Å². The summed E-state index contributed by atoms with van der Waals surface area (Å²) in [5.41, 5.74) is 7.38. The smallest absolute Gasteiger partial charge is 0.255 e. The molecule has 0 radical (unpaired) electrons. The maximum absolute atomic E-state index is 12.5. The number of piperidine rings is 1. The molecule has 1 aliphatic heterocycles. The van der Waals surface area contributed by atoms with Crippen LogP contribution in [0.4, 0.5) is 5.69 Å². The van der Waals surface area contributed by atoms with Crippen LogP contribution in [-0.4, -0.2) is 25.5 Å². The minimum absolute atomic E-state index is 0.154. The van der Waals surface area contributed by atoms with Crippen molar-refractivity contribution >= 4 is 34.2 Å². The highest BCUT2D eigenvalue weighted by Crippen LogP contribution is 2.48. The Morgan fingerprint density at radius 2 is 2.18 bits per heavy atom. The first-order chi connectivity index (χ1) is 10.6. The summed E-state index contributed by atoms with van der Waals surface area (Å²) in [4.78, 5) is 12.5. The van der Waals surface area contributed by atoms with E-state index in [4.69, 9.17) is 21.8 Å². The SMILES string of the molecule is Cc1cc2c(N)c(Cl)cc(C(=O)NCC3C4CNCC43)c2o1. The average Bonchev–Trinajstić information content (AvgIpc) is 2.85. The molecule has 0 spiro atoms. The first kappa shape index (κ1) is 13.9. The molecule has 0 bridgehead atoms. The van der Waals surface area contributed by atoms with Crippen molar-refractivity contribution in [3.05, 3.63) is 28.5 Å². The summed E-state index contributed by atoms with van der Waals surface area (Å²) in [6.45, 7) is 4.67. The lowest BCUT2D eigenvalue weighted by atomic mass is 10.1. The van der Waals surface area contributed by atoms with Crippen LogP contribution in [0.1, 0.15) is 16.1 Å². The number of benzene rings is 1. The van der Waals surface area contributed by atoms with Crippen LogP contribution in [0.5, 0.6) is 0 Å². The Labute approximate surface area is 133 Å². The van der Waals surface area contributed by atoms with Gasteiger partial charge in [0, 0.05) is 11.9 Å². The maximum Gasteiger partial charge on any atom is 0.255 e. The number of carbonyl (C=O) groups is 1. The zero-order valence-corrected chi connectivity index (χ0v) is 13.0. The molecule has 116 valence electrons. The van der Waals surface area contributed by atoms with E-state index >= 15 is 0 Å². The van der Waals surface area contributed by atoms with Gasteiger partial charge in [0.2, 0.25) is 0 Å². The first-order valence-corrected chi connectivity index (χ1v) is 7.91. The fourth-order valence-corrected chi connectivity index (χ4v) is 3.85. The topological polar surface area (TPSA) is 80.3 Å². The lowest BCUT2D eigenvalue weighted by Crippen LogP contribution is -2.28. The number of halogens is 1. The predicted molar refractivity (Wildman–Crippen MR) is 86.0 cm³/mol. The number of fused-ring (bicyclic) bond motifs is 2. The predicted octanol–water partition coefficient (Wildman–Crippen LogP) is 2.17. The van der Waals surface area contributed by atoms with Crippen molar-refractivity contribution in [1.82, 2.24) is 10.6 Å². The standard InChI is InChI=1S/C16H18ClN3O2/c1-7-2-8-14(18)13(17)3-9(15(8)22-7)16(21)20-6-12-10-4-19-5-11(10)12/h2-3,10-12,19H,4-6,18H2,1H3,(H,20,21). The molecule has 5 nitrogen and oxygen atoms in total. The Hall–Kier alpha value is -1.72. The Balaban J connectivity index is 1.57. The van der Waals surface area contributed by atoms with E-state index in [1.54, 1.807) is 6.07 Å². The van der Waals surface area contributed by atoms with E-state index in [9.17, 15) is 4.79 Å². The zero-order chi connectivity index (χ0) is 15.4. The van der Waals surface area contributed by atoms with Crippen molar-refractivity contribution in [2.24, 2.45) is 17.8 Å². The minimum atomic E-state index is -0.154. The number of nitrogens with two attached hydrogens (primary N) is 1. The zero-order valence-electron chi connectivity index (χ0n) is 12.3. The van der Waals surface area contributed by atoms with Crippen LogP contribution in [0.25, 0.3) is 11.0 Å². The molecule has 6 heteroatoms. The molecule has 1 aromatic heterocycles. The molecule has 2 heterocycles. The van der Waals surface area contributed by atoms with Crippen molar-refractivity contribution in [2.45, 2.75) is 6.92 Å². The maximum atomic E-state index is 12.5. The summed E-state index contributed by atoms with van der Waals surface area (Å²) in [6.07, 6.45) is 0. The van der Waals surface area contributed by atoms with E-state index in [0.717, 1.165) is 24.9 Å². The Morgan fingerprint density at radius 3 is 2.91 bits per heavy atom. The molecule has 4 N–H and O–H groups in total. The summed E-state index contributed by atoms with van der Waals surface area (Å²) < 4.78 is 5.64. The van der Waals surface area contributed by atoms with Crippen LogP contribution >= 0.6 is 11.6 Å². The van der Waals surface area contributed by atoms with Gasteiger partial charge in [0.1, 0.15) is 11.3 Å². The van der Waals surface area contributed by atoms with Crippen LogP contribution in [0.2, 0.25) is 5.02 Å². The van der Waals surface area contributed by atoms with Gasteiger partial charge in [0.05, 0.1) is 16.3 Å². The van der Waals surface area contributed by atoms with Crippen LogP contribution in [0.3, 0.4) is 0 Å². The summed E-state index contributed by atoms with van der Waals surface area (Å²) in [5.74, 6) is 2.60. The molecular formula is C16H18ClN3O2. The Morgan fingerprint density at radius 1 is 1.45 bits per heavy atom. The summed E-state index contributed by atoms with van der Waals surface area (Å²) in [7, 11) is 0. The van der Waals surface area contributed by atoms with Gasteiger partial charge in [-0.15, -0.1) is 0 Å². The van der Waals surface area contributed by atoms with Gasteiger partial charge in [-0.25, -0.2) is 0 Å². The first-order valence-electron chi connectivity index (χ1n) is 7.53. The third kappa shape index (κ3) is 2.08. The molecule has 2 atom stereocenters. The van der Waals surface area contributed by atoms with Crippen LogP contribution < -0.4 is 16.4 Å². The number of hydrogen-bond acceptors (Lipinski definition) is 4. The highest BCUT2D eigenvalue weighted by atomic mass is 35.5. The van der Waals surface area contributed by atoms with E-state index in [1.165, 1.54) is 0 Å². The monoisotopic (exact) mass is 319 g/mol. The third-order valence-corrected chi connectivity index (χ3v) is 5.24. The number of furan rings is 1. The molecule has 1 aromatic carbocycles. The van der Waals surface area contributed by atoms with E-state index in [2.05, 4.69) is 10.6 Å². The second kappa shape index (κ2) is 4.89. The number of carbonyl (C=O) groups excluding carboxylic acids is 1. The molecule has 4 rings (SSSR count). The van der Waals surface area contributed by atoms with E-state index in [-0.39, 0.29) is 5.91 Å². The highest BCUT2D eigenvalue weighted by Gasteiger charge is 2.52. The normalized spacial score (nSPS) is 26.2.